The second kappa shape index (κ2) is 5.11. The van der Waals surface area contributed by atoms with E-state index in [0.717, 1.165) is 23.5 Å². The molecular weight excluding hydrogens is 234 g/mol. The monoisotopic (exact) mass is 247 g/mol. The molecule has 0 bridgehead atoms. The van der Waals surface area contributed by atoms with Crippen LogP contribution in [0, 0.1) is 11.3 Å². The van der Waals surface area contributed by atoms with Crippen LogP contribution in [-0.2, 0) is 4.79 Å². The van der Waals surface area contributed by atoms with Gasteiger partial charge >= 0.3 is 0 Å². The van der Waals surface area contributed by atoms with Crippen LogP contribution >= 0.6 is 11.8 Å². The number of benzene rings is 1. The van der Waals surface area contributed by atoms with Gasteiger partial charge in [0.2, 0.25) is 5.91 Å². The molecule has 0 spiro atoms. The van der Waals surface area contributed by atoms with Crippen LogP contribution in [-0.4, -0.2) is 24.0 Å². The number of carbonyl (C=O) groups is 1. The van der Waals surface area contributed by atoms with Gasteiger partial charge in [-0.05, 0) is 36.6 Å². The Labute approximate surface area is 104 Å². The number of hydrogen-bond donors (Lipinski definition) is 2. The van der Waals surface area contributed by atoms with Crippen molar-refractivity contribution < 1.29 is 4.79 Å². The fourth-order valence-corrected chi connectivity index (χ4v) is 2.23. The summed E-state index contributed by atoms with van der Waals surface area (Å²) in [5.74, 6) is 0.925. The summed E-state index contributed by atoms with van der Waals surface area (Å²) in [4.78, 5) is 11.8. The largest absolute Gasteiger partial charge is 0.372 e. The second-order valence-electron chi connectivity index (χ2n) is 3.84. The zero-order chi connectivity index (χ0) is 12.3. The van der Waals surface area contributed by atoms with E-state index in [1.54, 1.807) is 30.0 Å². The van der Waals surface area contributed by atoms with Crippen LogP contribution in [0.5, 0.6) is 0 Å². The van der Waals surface area contributed by atoms with E-state index in [-0.39, 0.29) is 11.9 Å². The molecule has 1 aliphatic heterocycles. The van der Waals surface area contributed by atoms with E-state index < -0.39 is 0 Å². The Morgan fingerprint density at radius 2 is 2.29 bits per heavy atom. The lowest BCUT2D eigenvalue weighted by atomic mass is 10.1. The van der Waals surface area contributed by atoms with Crippen LogP contribution in [0.1, 0.15) is 12.0 Å². The van der Waals surface area contributed by atoms with Gasteiger partial charge in [0, 0.05) is 0 Å². The van der Waals surface area contributed by atoms with Crippen molar-refractivity contribution in [1.29, 1.82) is 5.26 Å². The Hall–Kier alpha value is -1.67. The topological polar surface area (TPSA) is 64.9 Å². The van der Waals surface area contributed by atoms with Crippen molar-refractivity contribution in [3.8, 4) is 6.07 Å². The highest BCUT2D eigenvalue weighted by atomic mass is 32.2. The number of nitrogens with one attached hydrogen (secondary N) is 2. The van der Waals surface area contributed by atoms with Gasteiger partial charge in [0.15, 0.2) is 0 Å². The number of hydrogen-bond acceptors (Lipinski definition) is 4. The van der Waals surface area contributed by atoms with Gasteiger partial charge < -0.3 is 10.6 Å². The quantitative estimate of drug-likeness (QED) is 0.858. The Balaban J connectivity index is 2.20. The van der Waals surface area contributed by atoms with Gasteiger partial charge in [0.05, 0.1) is 23.0 Å². The maximum Gasteiger partial charge on any atom is 0.246 e. The fraction of sp³-hybridized carbons (Fsp3) is 0.333. The molecule has 1 amide bonds. The van der Waals surface area contributed by atoms with E-state index in [1.165, 1.54) is 0 Å². The summed E-state index contributed by atoms with van der Waals surface area (Å²) < 4.78 is 0. The lowest BCUT2D eigenvalue weighted by molar-refractivity contribution is -0.117. The fourth-order valence-electron chi connectivity index (χ4n) is 1.75. The molecule has 1 aromatic rings. The zero-order valence-corrected chi connectivity index (χ0v) is 10.3. The summed E-state index contributed by atoms with van der Waals surface area (Å²) in [7, 11) is 0. The number of nitrogens with zero attached hydrogens (tertiary/aromatic N) is 1. The molecule has 2 rings (SSSR count). The van der Waals surface area contributed by atoms with Crippen LogP contribution in [0.15, 0.2) is 18.2 Å². The average Bonchev–Trinajstić information content (AvgIpc) is 2.35. The first-order chi connectivity index (χ1) is 8.24. The molecule has 2 N–H and O–H groups in total. The summed E-state index contributed by atoms with van der Waals surface area (Å²) in [6.07, 6.45) is 2.80. The van der Waals surface area contributed by atoms with Crippen LogP contribution in [0.2, 0.25) is 0 Å². The molecule has 0 radical (unpaired) electrons. The molecule has 4 nitrogen and oxygen atoms in total. The number of thioether (sulfide) groups is 1. The van der Waals surface area contributed by atoms with Gasteiger partial charge in [-0.25, -0.2) is 0 Å². The summed E-state index contributed by atoms with van der Waals surface area (Å²) in [6, 6.07) is 7.10. The molecule has 0 saturated heterocycles. The summed E-state index contributed by atoms with van der Waals surface area (Å²) in [5.41, 5.74) is 2.17. The second-order valence-corrected chi connectivity index (χ2v) is 4.83. The van der Waals surface area contributed by atoms with E-state index in [0.29, 0.717) is 5.56 Å². The van der Waals surface area contributed by atoms with E-state index in [1.807, 2.05) is 6.26 Å². The third-order valence-corrected chi connectivity index (χ3v) is 3.31. The first-order valence-corrected chi connectivity index (χ1v) is 6.74. The maximum atomic E-state index is 11.8. The van der Waals surface area contributed by atoms with Gasteiger partial charge in [0.25, 0.3) is 0 Å². The van der Waals surface area contributed by atoms with Gasteiger partial charge in [-0.1, -0.05) is 0 Å². The minimum atomic E-state index is -0.205. The predicted octanol–water partition coefficient (Wildman–Crippen LogP) is 2.04. The number of anilines is 2. The van der Waals surface area contributed by atoms with Crippen LogP contribution < -0.4 is 10.6 Å². The molecule has 1 atom stereocenters. The zero-order valence-electron chi connectivity index (χ0n) is 9.49. The number of nitriles is 1. The van der Waals surface area contributed by atoms with Crippen molar-refractivity contribution >= 4 is 29.0 Å². The van der Waals surface area contributed by atoms with Crippen molar-refractivity contribution in [1.82, 2.24) is 0 Å². The molecule has 1 unspecified atom stereocenters. The third kappa shape index (κ3) is 2.53. The molecule has 0 saturated carbocycles. The highest BCUT2D eigenvalue weighted by Gasteiger charge is 2.24. The molecular formula is C12H13N3OS. The van der Waals surface area contributed by atoms with Crippen LogP contribution in [0.3, 0.4) is 0 Å². The Bertz CT molecular complexity index is 481. The van der Waals surface area contributed by atoms with E-state index in [9.17, 15) is 4.79 Å². The van der Waals surface area contributed by atoms with E-state index in [2.05, 4.69) is 16.7 Å². The SMILES string of the molecule is CSCCC1Nc2cc(C#N)ccc2NC1=O. The Kier molecular flexibility index (Phi) is 3.55. The van der Waals surface area contributed by atoms with Crippen molar-refractivity contribution in [3.63, 3.8) is 0 Å². The molecule has 0 fully saturated rings. The highest BCUT2D eigenvalue weighted by molar-refractivity contribution is 7.98. The molecule has 1 heterocycles. The molecule has 1 aromatic carbocycles. The van der Waals surface area contributed by atoms with Gasteiger partial charge in [-0.2, -0.15) is 17.0 Å². The molecule has 17 heavy (non-hydrogen) atoms. The minimum Gasteiger partial charge on any atom is -0.372 e. The van der Waals surface area contributed by atoms with Crippen molar-refractivity contribution in [2.75, 3.05) is 22.6 Å². The Morgan fingerprint density at radius 1 is 1.47 bits per heavy atom. The van der Waals surface area contributed by atoms with Crippen molar-refractivity contribution in [2.45, 2.75) is 12.5 Å². The first kappa shape index (κ1) is 11.8. The number of amides is 1. The number of rotatable bonds is 3. The normalized spacial score (nSPS) is 17.6. The van der Waals surface area contributed by atoms with Crippen molar-refractivity contribution in [2.24, 2.45) is 0 Å². The molecule has 88 valence electrons. The van der Waals surface area contributed by atoms with Crippen LogP contribution in [0.4, 0.5) is 11.4 Å². The molecule has 0 aromatic heterocycles. The maximum absolute atomic E-state index is 11.8. The Morgan fingerprint density at radius 3 is 3.00 bits per heavy atom. The smallest absolute Gasteiger partial charge is 0.246 e. The van der Waals surface area contributed by atoms with E-state index in [4.69, 9.17) is 5.26 Å². The number of fused-ring (bicyclic) bond motifs is 1. The lowest BCUT2D eigenvalue weighted by Gasteiger charge is -2.26. The molecule has 0 aliphatic carbocycles. The minimum absolute atomic E-state index is 0.00347. The van der Waals surface area contributed by atoms with Gasteiger partial charge in [0.1, 0.15) is 6.04 Å². The van der Waals surface area contributed by atoms with E-state index >= 15 is 0 Å². The third-order valence-electron chi connectivity index (χ3n) is 2.66. The summed E-state index contributed by atoms with van der Waals surface area (Å²) in [6.45, 7) is 0. The van der Waals surface area contributed by atoms with Crippen LogP contribution in [0.25, 0.3) is 0 Å². The average molecular weight is 247 g/mol. The predicted molar refractivity (Wildman–Crippen MR) is 70.2 cm³/mol. The number of carbonyl (C=O) groups excluding carboxylic acids is 1. The van der Waals surface area contributed by atoms with Gasteiger partial charge in [-0.3, -0.25) is 4.79 Å². The summed E-state index contributed by atoms with van der Waals surface area (Å²) in [5, 5.41) is 14.9. The molecule has 5 heteroatoms. The standard InChI is InChI=1S/C12H13N3OS/c1-17-5-4-10-12(16)15-9-3-2-8(7-13)6-11(9)14-10/h2-3,6,10,14H,4-5H2,1H3,(H,15,16). The van der Waals surface area contributed by atoms with Crippen molar-refractivity contribution in [3.05, 3.63) is 23.8 Å². The first-order valence-electron chi connectivity index (χ1n) is 5.35. The lowest BCUT2D eigenvalue weighted by Crippen LogP contribution is -2.39. The summed E-state index contributed by atoms with van der Waals surface area (Å²) >= 11 is 1.71. The van der Waals surface area contributed by atoms with Gasteiger partial charge in [-0.15, -0.1) is 0 Å². The highest BCUT2D eigenvalue weighted by Crippen LogP contribution is 2.28. The molecule has 1 aliphatic rings.